The van der Waals surface area contributed by atoms with Gasteiger partial charge in [0, 0.05) is 0 Å². The molecule has 11 nitrogen and oxygen atoms in total. The molecule has 11 heteroatoms. The number of rotatable bonds is 15. The summed E-state index contributed by atoms with van der Waals surface area (Å²) in [6.45, 7) is 5.02. The van der Waals surface area contributed by atoms with Crippen LogP contribution in [0.3, 0.4) is 0 Å². The van der Waals surface area contributed by atoms with Gasteiger partial charge in [0.15, 0.2) is 0 Å². The van der Waals surface area contributed by atoms with Gasteiger partial charge in [-0.05, 0) is 50.6 Å². The predicted molar refractivity (Wildman–Crippen MR) is 131 cm³/mol. The van der Waals surface area contributed by atoms with E-state index in [0.29, 0.717) is 19.4 Å². The maximum absolute atomic E-state index is 13.0. The van der Waals surface area contributed by atoms with E-state index in [2.05, 4.69) is 16.0 Å². The van der Waals surface area contributed by atoms with Crippen LogP contribution in [-0.4, -0.2) is 70.7 Å². The summed E-state index contributed by atoms with van der Waals surface area (Å²) in [6, 6.07) is 4.56. The van der Waals surface area contributed by atoms with E-state index in [1.54, 1.807) is 13.8 Å². The van der Waals surface area contributed by atoms with Crippen molar-refractivity contribution in [1.82, 2.24) is 16.0 Å². The van der Waals surface area contributed by atoms with Gasteiger partial charge < -0.3 is 37.6 Å². The molecule has 5 unspecified atom stereocenters. The first kappa shape index (κ1) is 30.0. The number of nitrogens with one attached hydrogen (secondary N) is 3. The van der Waals surface area contributed by atoms with Crippen molar-refractivity contribution in [1.29, 1.82) is 0 Å². The van der Waals surface area contributed by atoms with Crippen molar-refractivity contribution < 1.29 is 29.4 Å². The summed E-state index contributed by atoms with van der Waals surface area (Å²) in [6.07, 6.45) is 0.251. The van der Waals surface area contributed by atoms with Crippen molar-refractivity contribution >= 4 is 23.7 Å². The number of amides is 3. The zero-order chi connectivity index (χ0) is 26.5. The van der Waals surface area contributed by atoms with Crippen LogP contribution in [0.4, 0.5) is 0 Å². The normalized spacial score (nSPS) is 15.4. The van der Waals surface area contributed by atoms with Gasteiger partial charge in [0.25, 0.3) is 0 Å². The van der Waals surface area contributed by atoms with Gasteiger partial charge in [0.2, 0.25) is 17.7 Å². The van der Waals surface area contributed by atoms with E-state index in [0.717, 1.165) is 5.56 Å². The largest absolute Gasteiger partial charge is 0.480 e. The number of unbranched alkanes of at least 4 members (excludes halogenated alkanes) is 1. The topological polar surface area (TPSA) is 197 Å². The molecule has 0 bridgehead atoms. The number of aliphatic hydroxyl groups is 1. The average molecular weight is 494 g/mol. The Morgan fingerprint density at radius 1 is 0.886 bits per heavy atom. The molecule has 0 aliphatic heterocycles. The monoisotopic (exact) mass is 493 g/mol. The fraction of sp³-hybridized carbons (Fsp3) is 0.583. The van der Waals surface area contributed by atoms with E-state index < -0.39 is 54.0 Å². The molecule has 1 aromatic rings. The molecule has 0 aromatic heterocycles. The molecule has 0 spiro atoms. The second kappa shape index (κ2) is 15.1. The highest BCUT2D eigenvalue weighted by Crippen LogP contribution is 2.08. The van der Waals surface area contributed by atoms with Gasteiger partial charge >= 0.3 is 5.97 Å². The Balaban J connectivity index is 2.91. The molecular weight excluding hydrogens is 454 g/mol. The number of benzene rings is 1. The number of carboxylic acid groups (broad SMARTS) is 1. The molecule has 35 heavy (non-hydrogen) atoms. The fourth-order valence-corrected chi connectivity index (χ4v) is 3.42. The van der Waals surface area contributed by atoms with Gasteiger partial charge in [-0.3, -0.25) is 14.4 Å². The first-order valence-corrected chi connectivity index (χ1v) is 11.8. The lowest BCUT2D eigenvalue weighted by atomic mass is 10.0. The van der Waals surface area contributed by atoms with Crippen molar-refractivity contribution in [2.24, 2.45) is 17.4 Å². The molecule has 196 valence electrons. The van der Waals surface area contributed by atoms with E-state index in [-0.39, 0.29) is 18.8 Å². The van der Waals surface area contributed by atoms with Crippen molar-refractivity contribution in [3.8, 4) is 0 Å². The Morgan fingerprint density at radius 2 is 1.49 bits per heavy atom. The van der Waals surface area contributed by atoms with Gasteiger partial charge in [-0.2, -0.15) is 0 Å². The van der Waals surface area contributed by atoms with Crippen LogP contribution in [-0.2, 0) is 25.6 Å². The Morgan fingerprint density at radius 3 is 2.00 bits per heavy atom. The number of aliphatic carboxylic acids is 1. The minimum absolute atomic E-state index is 0.202. The molecule has 0 heterocycles. The van der Waals surface area contributed by atoms with Gasteiger partial charge in [0.1, 0.15) is 18.1 Å². The zero-order valence-corrected chi connectivity index (χ0v) is 20.6. The Hall–Kier alpha value is -3.02. The van der Waals surface area contributed by atoms with Crippen molar-refractivity contribution in [3.05, 3.63) is 35.9 Å². The minimum Gasteiger partial charge on any atom is -0.480 e. The fourth-order valence-electron chi connectivity index (χ4n) is 3.42. The number of carbonyl (C=O) groups is 4. The van der Waals surface area contributed by atoms with Crippen LogP contribution in [0.1, 0.15) is 45.6 Å². The molecular formula is C24H39N5O6. The molecule has 5 atom stereocenters. The zero-order valence-electron chi connectivity index (χ0n) is 20.6. The molecule has 0 radical (unpaired) electrons. The van der Waals surface area contributed by atoms with E-state index in [1.165, 1.54) is 6.92 Å². The standard InChI is InChI=1S/C24H39N5O6/c1-14(2)19(24(34)35)28-22(32)18(11-7-8-12-25)27-23(33)20(15(3)30)29-21(31)17(26)13-16-9-5-4-6-10-16/h4-6,9-10,14-15,17-20,30H,7-8,11-13,25-26H2,1-3H3,(H,27,33)(H,28,32)(H,29,31)(H,34,35). The highest BCUT2D eigenvalue weighted by atomic mass is 16.4. The van der Waals surface area contributed by atoms with Crippen LogP contribution in [0, 0.1) is 5.92 Å². The van der Waals surface area contributed by atoms with Gasteiger partial charge in [-0.15, -0.1) is 0 Å². The van der Waals surface area contributed by atoms with Gasteiger partial charge in [-0.1, -0.05) is 44.2 Å². The summed E-state index contributed by atoms with van der Waals surface area (Å²) in [5.41, 5.74) is 12.3. The third-order valence-electron chi connectivity index (χ3n) is 5.51. The number of aliphatic hydroxyl groups excluding tert-OH is 1. The molecule has 0 fully saturated rings. The minimum atomic E-state index is -1.37. The molecule has 0 saturated heterocycles. The van der Waals surface area contributed by atoms with Gasteiger partial charge in [-0.25, -0.2) is 4.79 Å². The quantitative estimate of drug-likeness (QED) is 0.155. The summed E-state index contributed by atoms with van der Waals surface area (Å²) < 4.78 is 0. The molecule has 0 saturated carbocycles. The number of carboxylic acids is 1. The highest BCUT2D eigenvalue weighted by molar-refractivity contribution is 5.94. The van der Waals surface area contributed by atoms with Crippen molar-refractivity contribution in [2.45, 2.75) is 76.7 Å². The molecule has 0 aliphatic rings. The molecule has 9 N–H and O–H groups in total. The molecule has 1 aromatic carbocycles. The van der Waals surface area contributed by atoms with Crippen molar-refractivity contribution in [2.75, 3.05) is 6.54 Å². The second-order valence-electron chi connectivity index (χ2n) is 8.94. The number of carbonyl (C=O) groups excluding carboxylic acids is 3. The van der Waals surface area contributed by atoms with Gasteiger partial charge in [0.05, 0.1) is 12.1 Å². The average Bonchev–Trinajstić information content (AvgIpc) is 2.79. The summed E-state index contributed by atoms with van der Waals surface area (Å²) in [5.74, 6) is -3.67. The molecule has 1 rings (SSSR count). The van der Waals surface area contributed by atoms with Crippen LogP contribution in [0.5, 0.6) is 0 Å². The van der Waals surface area contributed by atoms with Crippen LogP contribution < -0.4 is 27.4 Å². The SMILES string of the molecule is CC(C)C(NC(=O)C(CCCCN)NC(=O)C(NC(=O)C(N)Cc1ccccc1)C(C)O)C(=O)O. The molecule has 3 amide bonds. The Kier molecular flexibility index (Phi) is 12.9. The lowest BCUT2D eigenvalue weighted by Crippen LogP contribution is -2.60. The smallest absolute Gasteiger partial charge is 0.326 e. The van der Waals surface area contributed by atoms with Crippen LogP contribution in [0.15, 0.2) is 30.3 Å². The lowest BCUT2D eigenvalue weighted by Gasteiger charge is -2.27. The third kappa shape index (κ3) is 10.4. The second-order valence-corrected chi connectivity index (χ2v) is 8.94. The van der Waals surface area contributed by atoms with E-state index >= 15 is 0 Å². The van der Waals surface area contributed by atoms with E-state index in [1.807, 2.05) is 30.3 Å². The lowest BCUT2D eigenvalue weighted by molar-refractivity contribution is -0.143. The Bertz CT molecular complexity index is 833. The van der Waals surface area contributed by atoms with Crippen LogP contribution in [0.25, 0.3) is 0 Å². The first-order valence-electron chi connectivity index (χ1n) is 11.8. The van der Waals surface area contributed by atoms with Crippen LogP contribution >= 0.6 is 0 Å². The molecule has 0 aliphatic carbocycles. The summed E-state index contributed by atoms with van der Waals surface area (Å²) in [4.78, 5) is 49.9. The maximum Gasteiger partial charge on any atom is 0.326 e. The number of nitrogens with two attached hydrogens (primary N) is 2. The van der Waals surface area contributed by atoms with E-state index in [9.17, 15) is 29.4 Å². The maximum atomic E-state index is 13.0. The van der Waals surface area contributed by atoms with Crippen LogP contribution in [0.2, 0.25) is 0 Å². The number of hydrogen-bond donors (Lipinski definition) is 7. The summed E-state index contributed by atoms with van der Waals surface area (Å²) in [7, 11) is 0. The Labute approximate surface area is 206 Å². The predicted octanol–water partition coefficient (Wildman–Crippen LogP) is -0.739. The van der Waals surface area contributed by atoms with Crippen molar-refractivity contribution in [3.63, 3.8) is 0 Å². The third-order valence-corrected chi connectivity index (χ3v) is 5.51. The number of hydrogen-bond acceptors (Lipinski definition) is 7. The van der Waals surface area contributed by atoms with E-state index in [4.69, 9.17) is 11.5 Å². The summed E-state index contributed by atoms with van der Waals surface area (Å²) >= 11 is 0. The summed E-state index contributed by atoms with van der Waals surface area (Å²) in [5, 5.41) is 27.0. The first-order chi connectivity index (χ1) is 16.5. The highest BCUT2D eigenvalue weighted by Gasteiger charge is 2.32.